The molecular weight excluding hydrogens is 278 g/mol. The van der Waals surface area contributed by atoms with Gasteiger partial charge >= 0.3 is 5.97 Å². The topological polar surface area (TPSA) is 61.5 Å². The van der Waals surface area contributed by atoms with Crippen molar-refractivity contribution in [2.75, 3.05) is 12.8 Å². The molecule has 104 valence electrons. The van der Waals surface area contributed by atoms with Crippen molar-refractivity contribution < 1.29 is 14.3 Å². The molecule has 0 spiro atoms. The number of methoxy groups -OCH3 is 1. The van der Waals surface area contributed by atoms with Crippen LogP contribution in [0.15, 0.2) is 42.5 Å². The molecule has 0 aliphatic rings. The van der Waals surface area contributed by atoms with E-state index in [1.165, 1.54) is 13.2 Å². The third-order valence-corrected chi connectivity index (χ3v) is 2.97. The number of halogens is 1. The van der Waals surface area contributed by atoms with Gasteiger partial charge in [0.2, 0.25) is 0 Å². The predicted molar refractivity (Wildman–Crippen MR) is 78.0 cm³/mol. The maximum Gasteiger partial charge on any atom is 0.341 e. The second-order valence-electron chi connectivity index (χ2n) is 4.16. The Kier molecular flexibility index (Phi) is 4.48. The van der Waals surface area contributed by atoms with E-state index >= 15 is 0 Å². The third-order valence-electron chi connectivity index (χ3n) is 2.72. The summed E-state index contributed by atoms with van der Waals surface area (Å²) in [7, 11) is 1.31. The number of esters is 1. The molecule has 0 radical (unpaired) electrons. The van der Waals surface area contributed by atoms with Gasteiger partial charge in [-0.15, -0.1) is 0 Å². The molecule has 2 N–H and O–H groups in total. The van der Waals surface area contributed by atoms with Crippen LogP contribution in [0.2, 0.25) is 5.02 Å². The maximum absolute atomic E-state index is 11.7. The Morgan fingerprint density at radius 3 is 2.55 bits per heavy atom. The number of nitrogen functional groups attached to an aromatic ring is 1. The lowest BCUT2D eigenvalue weighted by Gasteiger charge is -2.11. The Bertz CT molecular complexity index is 611. The fraction of sp³-hybridized carbons (Fsp3) is 0.133. The van der Waals surface area contributed by atoms with Crippen LogP contribution in [-0.4, -0.2) is 13.1 Å². The fourth-order valence-electron chi connectivity index (χ4n) is 1.68. The Hall–Kier alpha value is -2.20. The minimum absolute atomic E-state index is 0.307. The van der Waals surface area contributed by atoms with Crippen LogP contribution in [0.1, 0.15) is 15.9 Å². The number of hydrogen-bond donors (Lipinski definition) is 1. The standard InChI is InChI=1S/C15H14ClNO3/c1-19-15(18)13-8-12(17)6-7-14(13)20-9-10-2-4-11(16)5-3-10/h2-8H,9,17H2,1H3. The van der Waals surface area contributed by atoms with Crippen molar-refractivity contribution in [1.82, 2.24) is 0 Å². The molecule has 0 bridgehead atoms. The zero-order chi connectivity index (χ0) is 14.5. The molecule has 4 nitrogen and oxygen atoms in total. The quantitative estimate of drug-likeness (QED) is 0.693. The van der Waals surface area contributed by atoms with Gasteiger partial charge in [0.1, 0.15) is 17.9 Å². The SMILES string of the molecule is COC(=O)c1cc(N)ccc1OCc1ccc(Cl)cc1. The minimum atomic E-state index is -0.483. The van der Waals surface area contributed by atoms with Gasteiger partial charge in [-0.05, 0) is 35.9 Å². The zero-order valence-electron chi connectivity index (χ0n) is 10.9. The van der Waals surface area contributed by atoms with Gasteiger partial charge in [0, 0.05) is 10.7 Å². The molecule has 0 saturated heterocycles. The summed E-state index contributed by atoms with van der Waals surface area (Å²) in [6.07, 6.45) is 0. The smallest absolute Gasteiger partial charge is 0.341 e. The van der Waals surface area contributed by atoms with Gasteiger partial charge in [-0.2, -0.15) is 0 Å². The monoisotopic (exact) mass is 291 g/mol. The molecule has 0 unspecified atom stereocenters. The first kappa shape index (κ1) is 14.2. The Morgan fingerprint density at radius 1 is 1.20 bits per heavy atom. The van der Waals surface area contributed by atoms with Crippen molar-refractivity contribution in [1.29, 1.82) is 0 Å². The van der Waals surface area contributed by atoms with Crippen LogP contribution in [0.3, 0.4) is 0 Å². The van der Waals surface area contributed by atoms with Crippen molar-refractivity contribution in [3.63, 3.8) is 0 Å². The van der Waals surface area contributed by atoms with Gasteiger partial charge in [-0.25, -0.2) is 4.79 Å². The van der Waals surface area contributed by atoms with Gasteiger partial charge in [-0.3, -0.25) is 0 Å². The average molecular weight is 292 g/mol. The second-order valence-corrected chi connectivity index (χ2v) is 4.60. The van der Waals surface area contributed by atoms with Gasteiger partial charge < -0.3 is 15.2 Å². The largest absolute Gasteiger partial charge is 0.488 e. The van der Waals surface area contributed by atoms with E-state index in [4.69, 9.17) is 26.8 Å². The molecule has 0 aromatic heterocycles. The van der Waals surface area contributed by atoms with Gasteiger partial charge in [-0.1, -0.05) is 23.7 Å². The summed E-state index contributed by atoms with van der Waals surface area (Å²) in [5.74, 6) is -0.0515. The van der Waals surface area contributed by atoms with Crippen molar-refractivity contribution in [2.45, 2.75) is 6.61 Å². The Morgan fingerprint density at radius 2 is 1.90 bits per heavy atom. The highest BCUT2D eigenvalue weighted by atomic mass is 35.5. The third kappa shape index (κ3) is 3.42. The molecule has 0 atom stereocenters. The summed E-state index contributed by atoms with van der Waals surface area (Å²) in [6, 6.07) is 12.1. The van der Waals surface area contributed by atoms with Crippen molar-refractivity contribution in [2.24, 2.45) is 0 Å². The van der Waals surface area contributed by atoms with E-state index in [0.29, 0.717) is 28.6 Å². The summed E-state index contributed by atoms with van der Waals surface area (Å²) in [6.45, 7) is 0.324. The van der Waals surface area contributed by atoms with Crippen molar-refractivity contribution >= 4 is 23.3 Å². The number of carbonyl (C=O) groups is 1. The number of anilines is 1. The molecule has 0 heterocycles. The fourth-order valence-corrected chi connectivity index (χ4v) is 1.81. The molecule has 0 aliphatic heterocycles. The van der Waals surface area contributed by atoms with Gasteiger partial charge in [0.15, 0.2) is 0 Å². The van der Waals surface area contributed by atoms with Crippen LogP contribution in [0.5, 0.6) is 5.75 Å². The summed E-state index contributed by atoms with van der Waals surface area (Å²) >= 11 is 5.82. The number of benzene rings is 2. The van der Waals surface area contributed by atoms with Crippen LogP contribution >= 0.6 is 11.6 Å². The lowest BCUT2D eigenvalue weighted by Crippen LogP contribution is -2.06. The predicted octanol–water partition coefficient (Wildman–Crippen LogP) is 3.29. The molecule has 20 heavy (non-hydrogen) atoms. The number of nitrogens with two attached hydrogens (primary N) is 1. The van der Waals surface area contributed by atoms with Crippen molar-refractivity contribution in [3.05, 3.63) is 58.6 Å². The number of rotatable bonds is 4. The normalized spacial score (nSPS) is 10.1. The van der Waals surface area contributed by atoms with Crippen LogP contribution in [0.25, 0.3) is 0 Å². The number of carbonyl (C=O) groups excluding carboxylic acids is 1. The highest BCUT2D eigenvalue weighted by molar-refractivity contribution is 6.30. The van der Waals surface area contributed by atoms with Crippen LogP contribution < -0.4 is 10.5 Å². The van der Waals surface area contributed by atoms with Gasteiger partial charge in [0.05, 0.1) is 7.11 Å². The first-order chi connectivity index (χ1) is 9.60. The van der Waals surface area contributed by atoms with Crippen LogP contribution in [0.4, 0.5) is 5.69 Å². The van der Waals surface area contributed by atoms with Crippen LogP contribution in [0, 0.1) is 0 Å². The molecule has 2 rings (SSSR count). The van der Waals surface area contributed by atoms with E-state index in [1.807, 2.05) is 12.1 Å². The first-order valence-electron chi connectivity index (χ1n) is 5.95. The average Bonchev–Trinajstić information content (AvgIpc) is 2.46. The molecule has 0 fully saturated rings. The van der Waals surface area contributed by atoms with E-state index in [2.05, 4.69) is 0 Å². The Balaban J connectivity index is 2.16. The van der Waals surface area contributed by atoms with E-state index in [9.17, 15) is 4.79 Å². The summed E-state index contributed by atoms with van der Waals surface area (Å²) in [5, 5.41) is 0.663. The molecule has 0 aliphatic carbocycles. The molecule has 2 aromatic carbocycles. The number of hydrogen-bond acceptors (Lipinski definition) is 4. The van der Waals surface area contributed by atoms with Gasteiger partial charge in [0.25, 0.3) is 0 Å². The lowest BCUT2D eigenvalue weighted by molar-refractivity contribution is 0.0595. The first-order valence-corrected chi connectivity index (χ1v) is 6.33. The molecule has 2 aromatic rings. The summed E-state index contributed by atoms with van der Waals surface area (Å²) in [5.41, 5.74) is 7.40. The molecule has 5 heteroatoms. The van der Waals surface area contributed by atoms with E-state index in [0.717, 1.165) is 5.56 Å². The highest BCUT2D eigenvalue weighted by Gasteiger charge is 2.13. The van der Waals surface area contributed by atoms with E-state index < -0.39 is 5.97 Å². The maximum atomic E-state index is 11.7. The zero-order valence-corrected chi connectivity index (χ0v) is 11.7. The molecule has 0 saturated carbocycles. The highest BCUT2D eigenvalue weighted by Crippen LogP contribution is 2.23. The summed E-state index contributed by atoms with van der Waals surface area (Å²) < 4.78 is 10.3. The minimum Gasteiger partial charge on any atom is -0.488 e. The molecular formula is C15H14ClNO3. The second kappa shape index (κ2) is 6.30. The number of ether oxygens (including phenoxy) is 2. The van der Waals surface area contributed by atoms with E-state index in [1.54, 1.807) is 24.3 Å². The van der Waals surface area contributed by atoms with E-state index in [-0.39, 0.29) is 0 Å². The Labute approximate surface area is 122 Å². The van der Waals surface area contributed by atoms with Crippen LogP contribution in [-0.2, 0) is 11.3 Å². The lowest BCUT2D eigenvalue weighted by atomic mass is 10.1. The molecule has 0 amide bonds. The van der Waals surface area contributed by atoms with Crippen molar-refractivity contribution in [3.8, 4) is 5.75 Å². The summed E-state index contributed by atoms with van der Waals surface area (Å²) in [4.78, 5) is 11.7.